The molecule has 0 aliphatic heterocycles. The molecule has 0 aromatic carbocycles. The number of aryl methyl sites for hydroxylation is 3. The van der Waals surface area contributed by atoms with Crippen LogP contribution >= 0.6 is 11.8 Å². The quantitative estimate of drug-likeness (QED) is 0.623. The van der Waals surface area contributed by atoms with Gasteiger partial charge in [0.25, 0.3) is 5.91 Å². The molecule has 0 bridgehead atoms. The number of rotatable bonds is 5. The topological polar surface area (TPSA) is 65.6 Å². The maximum atomic E-state index is 12.1. The second-order valence-corrected chi connectivity index (χ2v) is 5.39. The van der Waals surface area contributed by atoms with E-state index in [4.69, 9.17) is 0 Å². The summed E-state index contributed by atoms with van der Waals surface area (Å²) in [6, 6.07) is 1.88. The molecule has 20 heavy (non-hydrogen) atoms. The maximum absolute atomic E-state index is 12.1. The Bertz CT molecular complexity index is 643. The van der Waals surface area contributed by atoms with Crippen LogP contribution in [0.15, 0.2) is 23.9 Å². The summed E-state index contributed by atoms with van der Waals surface area (Å²) in [5.41, 5.74) is 1.68. The Morgan fingerprint density at radius 1 is 1.40 bits per heavy atom. The molecular weight excluding hydrogens is 274 g/mol. The minimum atomic E-state index is -0.0635. The fourth-order valence-corrected chi connectivity index (χ4v) is 2.71. The first-order chi connectivity index (χ1) is 9.52. The van der Waals surface area contributed by atoms with Crippen molar-refractivity contribution in [2.45, 2.75) is 32.5 Å². The van der Waals surface area contributed by atoms with Gasteiger partial charge in [0, 0.05) is 12.2 Å². The standard InChI is InChI=1S/C13H17N5OS/c1-5-6-17-11(4)14-15-13(17)20-8-12(19)18-10(3)7-9(2)16-18/h5,7H,1,6,8H2,2-4H3. The number of hydrogen-bond donors (Lipinski definition) is 0. The van der Waals surface area contributed by atoms with Gasteiger partial charge in [0.2, 0.25) is 0 Å². The van der Waals surface area contributed by atoms with Crippen LogP contribution in [0.1, 0.15) is 22.0 Å². The summed E-state index contributed by atoms with van der Waals surface area (Å²) in [5, 5.41) is 13.0. The van der Waals surface area contributed by atoms with Crippen LogP contribution in [0.4, 0.5) is 0 Å². The molecule has 7 heteroatoms. The largest absolute Gasteiger partial charge is 0.302 e. The van der Waals surface area contributed by atoms with E-state index in [-0.39, 0.29) is 11.7 Å². The average Bonchev–Trinajstić information content (AvgIpc) is 2.91. The van der Waals surface area contributed by atoms with Gasteiger partial charge in [-0.05, 0) is 26.8 Å². The van der Waals surface area contributed by atoms with Gasteiger partial charge in [-0.15, -0.1) is 16.8 Å². The molecule has 0 aliphatic rings. The Hall–Kier alpha value is -1.89. The van der Waals surface area contributed by atoms with Crippen LogP contribution in [0, 0.1) is 20.8 Å². The van der Waals surface area contributed by atoms with Gasteiger partial charge in [-0.2, -0.15) is 5.10 Å². The van der Waals surface area contributed by atoms with Gasteiger partial charge in [0.1, 0.15) is 5.82 Å². The SMILES string of the molecule is C=CCn1c(C)nnc1SCC(=O)n1nc(C)cc1C. The molecule has 6 nitrogen and oxygen atoms in total. The molecule has 0 amide bonds. The van der Waals surface area contributed by atoms with Crippen molar-refractivity contribution in [3.8, 4) is 0 Å². The van der Waals surface area contributed by atoms with Gasteiger partial charge in [-0.3, -0.25) is 4.79 Å². The van der Waals surface area contributed by atoms with Crippen molar-refractivity contribution in [2.24, 2.45) is 0 Å². The van der Waals surface area contributed by atoms with E-state index in [0.29, 0.717) is 6.54 Å². The third kappa shape index (κ3) is 2.98. The molecule has 0 radical (unpaired) electrons. The smallest absolute Gasteiger partial charge is 0.257 e. The van der Waals surface area contributed by atoms with E-state index in [2.05, 4.69) is 21.9 Å². The zero-order valence-electron chi connectivity index (χ0n) is 11.8. The van der Waals surface area contributed by atoms with E-state index in [1.165, 1.54) is 16.4 Å². The van der Waals surface area contributed by atoms with Crippen molar-refractivity contribution in [1.82, 2.24) is 24.5 Å². The molecule has 0 N–H and O–H groups in total. The number of nitrogens with zero attached hydrogens (tertiary/aromatic N) is 5. The molecule has 0 saturated heterocycles. The first kappa shape index (κ1) is 14.5. The van der Waals surface area contributed by atoms with Gasteiger partial charge in [-0.25, -0.2) is 4.68 Å². The van der Waals surface area contributed by atoms with Crippen LogP contribution in [0.25, 0.3) is 0 Å². The first-order valence-electron chi connectivity index (χ1n) is 6.23. The van der Waals surface area contributed by atoms with E-state index in [9.17, 15) is 4.79 Å². The Labute approximate surface area is 121 Å². The highest BCUT2D eigenvalue weighted by atomic mass is 32.2. The molecule has 0 saturated carbocycles. The number of carbonyl (C=O) groups excluding carboxylic acids is 1. The van der Waals surface area contributed by atoms with Gasteiger partial charge in [0.05, 0.1) is 11.4 Å². The summed E-state index contributed by atoms with van der Waals surface area (Å²) in [7, 11) is 0. The molecule has 0 atom stereocenters. The summed E-state index contributed by atoms with van der Waals surface area (Å²) in [6.07, 6.45) is 1.78. The highest BCUT2D eigenvalue weighted by Crippen LogP contribution is 2.17. The zero-order valence-corrected chi connectivity index (χ0v) is 12.6. The maximum Gasteiger partial charge on any atom is 0.257 e. The van der Waals surface area contributed by atoms with E-state index in [0.717, 1.165) is 22.4 Å². The van der Waals surface area contributed by atoms with Crippen LogP contribution in [0.5, 0.6) is 0 Å². The summed E-state index contributed by atoms with van der Waals surface area (Å²) < 4.78 is 3.36. The second-order valence-electron chi connectivity index (χ2n) is 4.45. The van der Waals surface area contributed by atoms with Crippen molar-refractivity contribution < 1.29 is 4.79 Å². The highest BCUT2D eigenvalue weighted by Gasteiger charge is 2.14. The minimum Gasteiger partial charge on any atom is -0.302 e. The highest BCUT2D eigenvalue weighted by molar-refractivity contribution is 7.99. The Morgan fingerprint density at radius 3 is 2.75 bits per heavy atom. The van der Waals surface area contributed by atoms with Crippen molar-refractivity contribution in [1.29, 1.82) is 0 Å². The molecule has 0 fully saturated rings. The molecule has 2 rings (SSSR count). The molecule has 0 spiro atoms. The third-order valence-corrected chi connectivity index (χ3v) is 3.74. The number of thioether (sulfide) groups is 1. The second kappa shape index (κ2) is 6.04. The Kier molecular flexibility index (Phi) is 4.39. The summed E-state index contributed by atoms with van der Waals surface area (Å²) in [6.45, 7) is 9.96. The van der Waals surface area contributed by atoms with Gasteiger partial charge >= 0.3 is 0 Å². The van der Waals surface area contributed by atoms with Gasteiger partial charge < -0.3 is 4.57 Å². The van der Waals surface area contributed by atoms with Crippen molar-refractivity contribution in [2.75, 3.05) is 5.75 Å². The van der Waals surface area contributed by atoms with Crippen molar-refractivity contribution >= 4 is 17.7 Å². The van der Waals surface area contributed by atoms with Gasteiger partial charge in [0.15, 0.2) is 5.16 Å². The van der Waals surface area contributed by atoms with E-state index >= 15 is 0 Å². The van der Waals surface area contributed by atoms with Crippen LogP contribution < -0.4 is 0 Å². The first-order valence-corrected chi connectivity index (χ1v) is 7.21. The predicted octanol–water partition coefficient (Wildman–Crippen LogP) is 2.02. The number of hydrogen-bond acceptors (Lipinski definition) is 5. The fourth-order valence-electron chi connectivity index (χ4n) is 1.88. The molecule has 2 aromatic rings. The Morgan fingerprint density at radius 2 is 2.15 bits per heavy atom. The molecule has 0 unspecified atom stereocenters. The summed E-state index contributed by atoms with van der Waals surface area (Å²) in [4.78, 5) is 12.1. The van der Waals surface area contributed by atoms with Crippen LogP contribution in [-0.4, -0.2) is 36.2 Å². The van der Waals surface area contributed by atoms with Gasteiger partial charge in [-0.1, -0.05) is 17.8 Å². The molecule has 2 heterocycles. The molecule has 2 aromatic heterocycles. The van der Waals surface area contributed by atoms with E-state index in [1.54, 1.807) is 6.08 Å². The lowest BCUT2D eigenvalue weighted by Gasteiger charge is -2.05. The molecular formula is C13H17N5OS. The van der Waals surface area contributed by atoms with E-state index < -0.39 is 0 Å². The monoisotopic (exact) mass is 291 g/mol. The lowest BCUT2D eigenvalue weighted by molar-refractivity contribution is 0.0924. The minimum absolute atomic E-state index is 0.0635. The van der Waals surface area contributed by atoms with Crippen LogP contribution in [0.2, 0.25) is 0 Å². The Balaban J connectivity index is 2.07. The molecule has 106 valence electrons. The molecule has 0 aliphatic carbocycles. The fraction of sp³-hybridized carbons (Fsp3) is 0.385. The van der Waals surface area contributed by atoms with Crippen molar-refractivity contribution in [3.63, 3.8) is 0 Å². The van der Waals surface area contributed by atoms with Crippen LogP contribution in [0.3, 0.4) is 0 Å². The average molecular weight is 291 g/mol. The summed E-state index contributed by atoms with van der Waals surface area (Å²) >= 11 is 1.36. The number of allylic oxidation sites excluding steroid dienone is 1. The zero-order chi connectivity index (χ0) is 14.7. The normalized spacial score (nSPS) is 10.8. The van der Waals surface area contributed by atoms with Crippen LogP contribution in [-0.2, 0) is 6.54 Å². The van der Waals surface area contributed by atoms with Crippen molar-refractivity contribution in [3.05, 3.63) is 35.9 Å². The lowest BCUT2D eigenvalue weighted by Crippen LogP contribution is -2.16. The van der Waals surface area contributed by atoms with E-state index in [1.807, 2.05) is 31.4 Å². The lowest BCUT2D eigenvalue weighted by atomic mass is 10.4. The predicted molar refractivity (Wildman–Crippen MR) is 78.0 cm³/mol. The summed E-state index contributed by atoms with van der Waals surface area (Å²) in [5.74, 6) is 1.02. The third-order valence-electron chi connectivity index (χ3n) is 2.78. The number of aromatic nitrogens is 5. The number of carbonyl (C=O) groups is 1.